The molecule has 0 radical (unpaired) electrons. The van der Waals surface area contributed by atoms with Gasteiger partial charge in [0.2, 0.25) is 5.91 Å². The summed E-state index contributed by atoms with van der Waals surface area (Å²) in [5.74, 6) is 0.348. The lowest BCUT2D eigenvalue weighted by Crippen LogP contribution is -2.15. The SMILES string of the molecule is CCC(Nc1cc(C(N)=O)ccc1N)c1ncc[nH]1. The number of nitrogens with two attached hydrogens (primary N) is 2. The fourth-order valence-corrected chi connectivity index (χ4v) is 1.85. The van der Waals surface area contributed by atoms with Gasteiger partial charge in [0, 0.05) is 18.0 Å². The molecule has 6 N–H and O–H groups in total. The Labute approximate surface area is 111 Å². The van der Waals surface area contributed by atoms with Crippen molar-refractivity contribution in [1.29, 1.82) is 0 Å². The molecule has 0 spiro atoms. The third-order valence-electron chi connectivity index (χ3n) is 2.93. The van der Waals surface area contributed by atoms with E-state index in [-0.39, 0.29) is 6.04 Å². The number of carbonyl (C=O) groups is 1. The Morgan fingerprint density at radius 2 is 2.32 bits per heavy atom. The smallest absolute Gasteiger partial charge is 0.248 e. The molecule has 0 fully saturated rings. The predicted octanol–water partition coefficient (Wildman–Crippen LogP) is 1.65. The normalized spacial score (nSPS) is 12.1. The van der Waals surface area contributed by atoms with Crippen LogP contribution in [-0.4, -0.2) is 15.9 Å². The third kappa shape index (κ3) is 2.85. The molecule has 0 aliphatic rings. The number of hydrogen-bond acceptors (Lipinski definition) is 4. The number of hydrogen-bond donors (Lipinski definition) is 4. The van der Waals surface area contributed by atoms with E-state index in [0.29, 0.717) is 16.9 Å². The maximum atomic E-state index is 11.2. The Kier molecular flexibility index (Phi) is 3.70. The lowest BCUT2D eigenvalue weighted by molar-refractivity contribution is 0.100. The van der Waals surface area contributed by atoms with Gasteiger partial charge < -0.3 is 21.8 Å². The summed E-state index contributed by atoms with van der Waals surface area (Å²) in [6.45, 7) is 2.04. The van der Waals surface area contributed by atoms with Crippen molar-refractivity contribution >= 4 is 17.3 Å². The van der Waals surface area contributed by atoms with Gasteiger partial charge in [-0.3, -0.25) is 4.79 Å². The van der Waals surface area contributed by atoms with Gasteiger partial charge in [0.05, 0.1) is 17.4 Å². The molecule has 0 aliphatic carbocycles. The average molecular weight is 259 g/mol. The van der Waals surface area contributed by atoms with Crippen LogP contribution in [0.2, 0.25) is 0 Å². The van der Waals surface area contributed by atoms with Crippen LogP contribution in [0, 0.1) is 0 Å². The van der Waals surface area contributed by atoms with E-state index in [1.165, 1.54) is 0 Å². The fraction of sp³-hybridized carbons (Fsp3) is 0.231. The van der Waals surface area contributed by atoms with Gasteiger partial charge in [-0.25, -0.2) is 4.98 Å². The van der Waals surface area contributed by atoms with Crippen LogP contribution in [0.15, 0.2) is 30.6 Å². The molecule has 1 aromatic heterocycles. The van der Waals surface area contributed by atoms with Gasteiger partial charge in [-0.1, -0.05) is 6.92 Å². The van der Waals surface area contributed by atoms with Crippen LogP contribution in [0.4, 0.5) is 11.4 Å². The van der Waals surface area contributed by atoms with Gasteiger partial charge in [-0.2, -0.15) is 0 Å². The number of nitrogens with zero attached hydrogens (tertiary/aromatic N) is 1. The van der Waals surface area contributed by atoms with Gasteiger partial charge in [-0.05, 0) is 24.6 Å². The maximum absolute atomic E-state index is 11.2. The number of benzene rings is 1. The van der Waals surface area contributed by atoms with Crippen LogP contribution in [-0.2, 0) is 0 Å². The standard InChI is InChI=1S/C13H17N5O/c1-2-10(13-16-5-6-17-13)18-11-7-8(12(15)19)3-4-9(11)14/h3-7,10,18H,2,14H2,1H3,(H2,15,19)(H,16,17). The summed E-state index contributed by atoms with van der Waals surface area (Å²) >= 11 is 0. The highest BCUT2D eigenvalue weighted by molar-refractivity contribution is 5.94. The number of primary amides is 1. The molecule has 1 unspecified atom stereocenters. The Morgan fingerprint density at radius 3 is 2.89 bits per heavy atom. The van der Waals surface area contributed by atoms with Crippen LogP contribution < -0.4 is 16.8 Å². The van der Waals surface area contributed by atoms with Gasteiger partial charge in [0.1, 0.15) is 5.82 Å². The highest BCUT2D eigenvalue weighted by Crippen LogP contribution is 2.25. The van der Waals surface area contributed by atoms with Crippen LogP contribution in [0.5, 0.6) is 0 Å². The van der Waals surface area contributed by atoms with Crippen LogP contribution >= 0.6 is 0 Å². The minimum absolute atomic E-state index is 0.000395. The Hall–Kier alpha value is -2.50. The summed E-state index contributed by atoms with van der Waals surface area (Å²) < 4.78 is 0. The van der Waals surface area contributed by atoms with Crippen molar-refractivity contribution in [3.63, 3.8) is 0 Å². The molecule has 19 heavy (non-hydrogen) atoms. The monoisotopic (exact) mass is 259 g/mol. The van der Waals surface area contributed by atoms with E-state index < -0.39 is 5.91 Å². The summed E-state index contributed by atoms with van der Waals surface area (Å²) in [6.07, 6.45) is 4.29. The van der Waals surface area contributed by atoms with E-state index >= 15 is 0 Å². The molecule has 2 aromatic rings. The molecule has 1 amide bonds. The molecule has 1 atom stereocenters. The number of amides is 1. The van der Waals surface area contributed by atoms with Crippen molar-refractivity contribution in [1.82, 2.24) is 9.97 Å². The van der Waals surface area contributed by atoms with Crippen molar-refractivity contribution in [2.24, 2.45) is 5.73 Å². The molecule has 2 rings (SSSR count). The quantitative estimate of drug-likeness (QED) is 0.612. The number of carbonyl (C=O) groups excluding carboxylic acids is 1. The molecule has 1 aromatic carbocycles. The van der Waals surface area contributed by atoms with Gasteiger partial charge in [0.25, 0.3) is 0 Å². The Bertz CT molecular complexity index is 564. The second kappa shape index (κ2) is 5.43. The van der Waals surface area contributed by atoms with Gasteiger partial charge in [0.15, 0.2) is 0 Å². The van der Waals surface area contributed by atoms with Gasteiger partial charge in [-0.15, -0.1) is 0 Å². The average Bonchev–Trinajstić information content (AvgIpc) is 2.91. The molecular formula is C13H17N5O. The molecule has 0 bridgehead atoms. The minimum Gasteiger partial charge on any atom is -0.397 e. The van der Waals surface area contributed by atoms with Crippen molar-refractivity contribution in [3.05, 3.63) is 42.0 Å². The topological polar surface area (TPSA) is 110 Å². The molecule has 1 heterocycles. The Morgan fingerprint density at radius 1 is 1.53 bits per heavy atom. The van der Waals surface area contributed by atoms with E-state index in [1.54, 1.807) is 30.6 Å². The number of rotatable bonds is 5. The molecule has 100 valence electrons. The summed E-state index contributed by atoms with van der Waals surface area (Å²) in [4.78, 5) is 18.5. The first-order valence-electron chi connectivity index (χ1n) is 6.07. The summed E-state index contributed by atoms with van der Waals surface area (Å²) in [6, 6.07) is 4.93. The number of H-pyrrole nitrogens is 1. The van der Waals surface area contributed by atoms with E-state index in [9.17, 15) is 4.79 Å². The summed E-state index contributed by atoms with van der Waals surface area (Å²) in [5.41, 5.74) is 12.8. The van der Waals surface area contributed by atoms with E-state index in [0.717, 1.165) is 12.2 Å². The largest absolute Gasteiger partial charge is 0.397 e. The molecule has 0 saturated carbocycles. The second-order valence-corrected chi connectivity index (χ2v) is 4.25. The van der Waals surface area contributed by atoms with Crippen LogP contribution in [0.1, 0.15) is 35.6 Å². The second-order valence-electron chi connectivity index (χ2n) is 4.25. The van der Waals surface area contributed by atoms with Gasteiger partial charge >= 0.3 is 0 Å². The number of aromatic nitrogens is 2. The van der Waals surface area contributed by atoms with E-state index in [2.05, 4.69) is 15.3 Å². The highest BCUT2D eigenvalue weighted by Gasteiger charge is 2.13. The van der Waals surface area contributed by atoms with Crippen LogP contribution in [0.25, 0.3) is 0 Å². The molecule has 0 aliphatic heterocycles. The number of imidazole rings is 1. The van der Waals surface area contributed by atoms with Crippen molar-refractivity contribution in [2.75, 3.05) is 11.1 Å². The Balaban J connectivity index is 2.26. The van der Waals surface area contributed by atoms with Crippen molar-refractivity contribution in [3.8, 4) is 0 Å². The number of aromatic amines is 1. The first kappa shape index (κ1) is 12.9. The van der Waals surface area contributed by atoms with Crippen LogP contribution in [0.3, 0.4) is 0 Å². The first-order valence-corrected chi connectivity index (χ1v) is 6.07. The minimum atomic E-state index is -0.478. The molecule has 0 saturated heterocycles. The number of nitrogens with one attached hydrogen (secondary N) is 2. The lowest BCUT2D eigenvalue weighted by atomic mass is 10.1. The van der Waals surface area contributed by atoms with Crippen molar-refractivity contribution < 1.29 is 4.79 Å². The molecule has 6 heteroatoms. The first-order chi connectivity index (χ1) is 9.11. The van der Waals surface area contributed by atoms with E-state index in [4.69, 9.17) is 11.5 Å². The number of nitrogen functional groups attached to an aromatic ring is 1. The summed E-state index contributed by atoms with van der Waals surface area (Å²) in [5, 5.41) is 3.27. The zero-order valence-corrected chi connectivity index (χ0v) is 10.7. The highest BCUT2D eigenvalue weighted by atomic mass is 16.1. The zero-order chi connectivity index (χ0) is 13.8. The zero-order valence-electron chi connectivity index (χ0n) is 10.7. The predicted molar refractivity (Wildman–Crippen MR) is 74.6 cm³/mol. The van der Waals surface area contributed by atoms with E-state index in [1.807, 2.05) is 6.92 Å². The fourth-order valence-electron chi connectivity index (χ4n) is 1.85. The summed E-state index contributed by atoms with van der Waals surface area (Å²) in [7, 11) is 0. The third-order valence-corrected chi connectivity index (χ3v) is 2.93. The lowest BCUT2D eigenvalue weighted by Gasteiger charge is -2.18. The molecular weight excluding hydrogens is 242 g/mol. The molecule has 6 nitrogen and oxygen atoms in total. The van der Waals surface area contributed by atoms with Crippen molar-refractivity contribution in [2.45, 2.75) is 19.4 Å². The maximum Gasteiger partial charge on any atom is 0.248 e. The number of anilines is 2.